The fourth-order valence-corrected chi connectivity index (χ4v) is 10.6. The van der Waals surface area contributed by atoms with Gasteiger partial charge in [-0.2, -0.15) is 0 Å². The first-order valence-electron chi connectivity index (χ1n) is 25.9. The summed E-state index contributed by atoms with van der Waals surface area (Å²) in [6.07, 6.45) is -13.5. The number of esters is 1. The molecule has 2 aliphatic carbocycles. The number of benzene rings is 1. The number of nitro benzene ring substituents is 1. The zero-order valence-electron chi connectivity index (χ0n) is 47.2. The van der Waals surface area contributed by atoms with Crippen LogP contribution in [0.25, 0.3) is 0 Å². The highest BCUT2D eigenvalue weighted by Crippen LogP contribution is 2.42. The smallest absolute Gasteiger partial charge is 0.410 e. The Kier molecular flexibility index (Phi) is 19.8. The number of nitrogens with one attached hydrogen (secondary N) is 4. The number of para-hydroxylation sites is 1. The molecule has 27 nitrogen and oxygen atoms in total. The summed E-state index contributed by atoms with van der Waals surface area (Å²) in [5.74, 6) is -2.10. The monoisotopic (exact) mass is 1140 g/mol. The Morgan fingerprint density at radius 1 is 0.772 bits per heavy atom. The van der Waals surface area contributed by atoms with Crippen LogP contribution in [0, 0.1) is 16.0 Å². The topological polar surface area (TPSA) is 369 Å². The number of amides is 4. The average Bonchev–Trinajstić information content (AvgIpc) is 3.26. The van der Waals surface area contributed by atoms with Crippen molar-refractivity contribution in [2.75, 3.05) is 20.2 Å². The largest absolute Gasteiger partial charge is 0.466 e. The molecule has 79 heavy (non-hydrogen) atoms. The molecule has 446 valence electrons. The summed E-state index contributed by atoms with van der Waals surface area (Å²) in [4.78, 5) is 78.6. The molecule has 1 saturated heterocycles. The van der Waals surface area contributed by atoms with E-state index in [1.165, 1.54) is 32.2 Å². The molecule has 2 aliphatic heterocycles. The van der Waals surface area contributed by atoms with E-state index in [0.29, 0.717) is 0 Å². The lowest BCUT2D eigenvalue weighted by Crippen LogP contribution is -2.71. The number of carbonyl (C=O) groups excluding carboxylic acids is 5. The molecule has 4 amide bonds. The molecule has 0 unspecified atom stereocenters. The van der Waals surface area contributed by atoms with E-state index < -0.39 is 176 Å². The lowest BCUT2D eigenvalue weighted by molar-refractivity contribution is -0.387. The summed E-state index contributed by atoms with van der Waals surface area (Å²) in [5, 5.41) is 67.8. The molecule has 1 aromatic rings. The predicted octanol–water partition coefficient (Wildman–Crippen LogP) is 2.89. The minimum atomic E-state index is -4.59. The van der Waals surface area contributed by atoms with Crippen molar-refractivity contribution in [1.29, 1.82) is 0 Å². The molecule has 1 aromatic carbocycles. The Bertz CT molecular complexity index is 2530. The number of alkyl carbamates (subject to hydrolysis) is 2. The first-order valence-corrected chi connectivity index (χ1v) is 27.3. The molecule has 0 radical (unpaired) electrons. The number of sulfonamides is 1. The van der Waals surface area contributed by atoms with E-state index >= 15 is 0 Å². The first-order chi connectivity index (χ1) is 36.1. The first kappa shape index (κ1) is 64.4. The standard InChI is InChI=1S/C51H80N6O21S/c1-46(2,3)75-34(58)21-27-23-51(66,24-27)42(61)53-30-22-31(55-44(63)77-48(7,8)9)38(35(59)37(30)74-41-36(60)39(50(13,65)26-71-41)56(14)45(64)78-49(10,11)12)73-40-29(54-43(62)76-47(4,5)6)20-19-28(72-40)25-52-79(69,70)33-18-16-15-17-32(33)57(67)68/h15-19,27,29-31,35-41,52,59-60,65-66H,20-26H2,1-14H3,(H,53,61)(H,54,62)(H,55,63)/t27?,29-,30-,31+,35-,36-,37+,38-,39-,40-,41-,50+,51?/m1/s1. The maximum atomic E-state index is 14.3. The Hall–Kier alpha value is -5.46. The van der Waals surface area contributed by atoms with Crippen molar-refractivity contribution in [3.8, 4) is 0 Å². The van der Waals surface area contributed by atoms with Gasteiger partial charge in [-0.25, -0.2) is 27.5 Å². The van der Waals surface area contributed by atoms with Crippen LogP contribution in [-0.2, 0) is 57.5 Å². The van der Waals surface area contributed by atoms with Gasteiger partial charge in [0.15, 0.2) is 11.2 Å². The number of nitro groups is 1. The van der Waals surface area contributed by atoms with Crippen LogP contribution in [-0.4, -0.2) is 184 Å². The lowest BCUT2D eigenvalue weighted by atomic mass is 9.68. The van der Waals surface area contributed by atoms with Crippen molar-refractivity contribution in [3.05, 3.63) is 46.2 Å². The van der Waals surface area contributed by atoms with E-state index in [1.807, 2.05) is 0 Å². The van der Waals surface area contributed by atoms with E-state index in [0.717, 1.165) is 17.0 Å². The Morgan fingerprint density at radius 3 is 1.84 bits per heavy atom. The van der Waals surface area contributed by atoms with Crippen molar-refractivity contribution in [1.82, 2.24) is 25.6 Å². The normalized spacial score (nSPS) is 30.5. The highest BCUT2D eigenvalue weighted by molar-refractivity contribution is 7.89. The highest BCUT2D eigenvalue weighted by Gasteiger charge is 2.57. The van der Waals surface area contributed by atoms with Crippen molar-refractivity contribution in [2.24, 2.45) is 5.92 Å². The number of likely N-dealkylation sites (N-methyl/N-ethyl adjacent to an activating group) is 1. The maximum Gasteiger partial charge on any atom is 0.410 e. The molecular weight excluding hydrogens is 1060 g/mol. The van der Waals surface area contributed by atoms with Gasteiger partial charge in [-0.15, -0.1) is 0 Å². The molecule has 5 rings (SSSR count). The van der Waals surface area contributed by atoms with Crippen molar-refractivity contribution in [3.63, 3.8) is 0 Å². The van der Waals surface area contributed by atoms with Gasteiger partial charge < -0.3 is 79.2 Å². The zero-order chi connectivity index (χ0) is 59.6. The number of hydrogen-bond acceptors (Lipinski definition) is 21. The predicted molar refractivity (Wildman–Crippen MR) is 277 cm³/mol. The van der Waals surface area contributed by atoms with Crippen LogP contribution in [0.4, 0.5) is 20.1 Å². The maximum absolute atomic E-state index is 14.3. The molecule has 0 spiro atoms. The second-order valence-corrected chi connectivity index (χ2v) is 26.3. The van der Waals surface area contributed by atoms with Gasteiger partial charge in [0.05, 0.1) is 42.2 Å². The van der Waals surface area contributed by atoms with E-state index in [9.17, 15) is 62.9 Å². The summed E-state index contributed by atoms with van der Waals surface area (Å²) in [7, 11) is -3.31. The van der Waals surface area contributed by atoms with E-state index in [2.05, 4.69) is 20.7 Å². The molecule has 4 aliphatic rings. The van der Waals surface area contributed by atoms with Gasteiger partial charge in [0.25, 0.3) is 11.6 Å². The summed E-state index contributed by atoms with van der Waals surface area (Å²) < 4.78 is 76.4. The molecule has 3 fully saturated rings. The number of carbonyl (C=O) groups is 5. The molecule has 2 saturated carbocycles. The lowest BCUT2D eigenvalue weighted by Gasteiger charge is -2.51. The quantitative estimate of drug-likeness (QED) is 0.0510. The zero-order valence-corrected chi connectivity index (χ0v) is 48.0. The summed E-state index contributed by atoms with van der Waals surface area (Å²) in [6.45, 7) is 19.6. The van der Waals surface area contributed by atoms with Gasteiger partial charge in [-0.3, -0.25) is 19.7 Å². The third-order valence-corrected chi connectivity index (χ3v) is 14.1. The van der Waals surface area contributed by atoms with Crippen LogP contribution < -0.4 is 20.7 Å². The second-order valence-electron chi connectivity index (χ2n) is 24.6. The molecule has 28 heteroatoms. The molecule has 0 bridgehead atoms. The van der Waals surface area contributed by atoms with Gasteiger partial charge >= 0.3 is 24.2 Å². The van der Waals surface area contributed by atoms with Gasteiger partial charge in [-0.1, -0.05) is 12.1 Å². The van der Waals surface area contributed by atoms with Gasteiger partial charge in [0, 0.05) is 19.5 Å². The fourth-order valence-electron chi connectivity index (χ4n) is 9.47. The molecule has 2 heterocycles. The minimum absolute atomic E-state index is 0.105. The molecule has 8 N–H and O–H groups in total. The molecular formula is C51H80N6O21S. The van der Waals surface area contributed by atoms with Crippen LogP contribution in [0.3, 0.4) is 0 Å². The van der Waals surface area contributed by atoms with Gasteiger partial charge in [0.2, 0.25) is 16.3 Å². The highest BCUT2D eigenvalue weighted by atomic mass is 32.2. The summed E-state index contributed by atoms with van der Waals surface area (Å²) in [5.41, 5.74) is -8.59. The van der Waals surface area contributed by atoms with Crippen LogP contribution >= 0.6 is 0 Å². The van der Waals surface area contributed by atoms with E-state index in [4.69, 9.17) is 37.9 Å². The second kappa shape index (κ2) is 24.3. The molecule has 11 atom stereocenters. The Balaban J connectivity index is 1.55. The third-order valence-electron chi connectivity index (χ3n) is 12.7. The number of aliphatic hydroxyl groups excluding tert-OH is 2. The Labute approximate surface area is 459 Å². The van der Waals surface area contributed by atoms with Gasteiger partial charge in [0.1, 0.15) is 63.8 Å². The van der Waals surface area contributed by atoms with Crippen LogP contribution in [0.5, 0.6) is 0 Å². The number of ether oxygens (including phenoxy) is 8. The minimum Gasteiger partial charge on any atom is -0.466 e. The van der Waals surface area contributed by atoms with E-state index in [-0.39, 0.29) is 31.4 Å². The summed E-state index contributed by atoms with van der Waals surface area (Å²) in [6, 6.07) is -0.908. The number of aliphatic hydroxyl groups is 4. The SMILES string of the molecule is CN(C(=O)OC(C)(C)C)[C@@H]1[C@@H](O)[C@@H](O[C@@H]2[C@@H](O)[C@H](O[C@H]3OC(CNS(=O)(=O)c4ccccc4[N+](=O)[O-])=CC[C@H]3NC(=O)OC(C)(C)C)[C@@H](NC(=O)OC(C)(C)C)C[C@H]2NC(=O)C2(O)CC(CC(=O)OC(C)(C)C)C2)OC[C@]1(C)O. The van der Waals surface area contributed by atoms with E-state index in [1.54, 1.807) is 83.1 Å². The summed E-state index contributed by atoms with van der Waals surface area (Å²) >= 11 is 0. The van der Waals surface area contributed by atoms with Crippen LogP contribution in [0.2, 0.25) is 0 Å². The molecule has 0 aromatic heterocycles. The van der Waals surface area contributed by atoms with Crippen LogP contribution in [0.1, 0.15) is 122 Å². The average molecular weight is 1150 g/mol. The third kappa shape index (κ3) is 17.8. The van der Waals surface area contributed by atoms with Crippen molar-refractivity contribution in [2.45, 2.75) is 222 Å². The number of nitrogens with zero attached hydrogens (tertiary/aromatic N) is 2. The van der Waals surface area contributed by atoms with Crippen molar-refractivity contribution < 1.29 is 95.6 Å². The van der Waals surface area contributed by atoms with Crippen molar-refractivity contribution >= 4 is 45.9 Å². The number of rotatable bonds is 16. The Morgan fingerprint density at radius 2 is 1.29 bits per heavy atom. The number of hydrogen-bond donors (Lipinski definition) is 8. The van der Waals surface area contributed by atoms with Gasteiger partial charge in [-0.05, 0) is 134 Å². The fraction of sp³-hybridized carbons (Fsp3) is 0.745. The van der Waals surface area contributed by atoms with Crippen LogP contribution in [0.15, 0.2) is 41.0 Å².